The Morgan fingerprint density at radius 3 is 2.57 bits per heavy atom. The van der Waals surface area contributed by atoms with Crippen molar-refractivity contribution in [1.82, 2.24) is 5.32 Å². The third kappa shape index (κ3) is 5.97. The molecular formula is C11H23NO2. The SMILES string of the molecule is CC[C@H](C)[C@@H](C)NCCCC(=O)OC. The molecule has 0 aromatic rings. The Balaban J connectivity index is 3.40. The molecule has 0 aliphatic rings. The van der Waals surface area contributed by atoms with Crippen LogP contribution in [-0.4, -0.2) is 25.7 Å². The summed E-state index contributed by atoms with van der Waals surface area (Å²) in [7, 11) is 1.43. The van der Waals surface area contributed by atoms with Crippen LogP contribution in [0.1, 0.15) is 40.0 Å². The van der Waals surface area contributed by atoms with Crippen molar-refractivity contribution in [3.8, 4) is 0 Å². The molecule has 0 fully saturated rings. The van der Waals surface area contributed by atoms with Crippen LogP contribution in [0.4, 0.5) is 0 Å². The summed E-state index contributed by atoms with van der Waals surface area (Å²) in [6.07, 6.45) is 2.55. The fourth-order valence-electron chi connectivity index (χ4n) is 1.22. The summed E-state index contributed by atoms with van der Waals surface area (Å²) in [5.74, 6) is 0.566. The second kappa shape index (κ2) is 7.80. The van der Waals surface area contributed by atoms with Gasteiger partial charge in [0.25, 0.3) is 0 Å². The lowest BCUT2D eigenvalue weighted by Gasteiger charge is -2.19. The Morgan fingerprint density at radius 2 is 2.07 bits per heavy atom. The largest absolute Gasteiger partial charge is 0.469 e. The first kappa shape index (κ1) is 13.4. The van der Waals surface area contributed by atoms with Gasteiger partial charge in [-0.1, -0.05) is 20.3 Å². The van der Waals surface area contributed by atoms with Gasteiger partial charge in [0.1, 0.15) is 0 Å². The van der Waals surface area contributed by atoms with Crippen LogP contribution < -0.4 is 5.32 Å². The maximum atomic E-state index is 10.8. The van der Waals surface area contributed by atoms with E-state index >= 15 is 0 Å². The molecule has 0 heterocycles. The minimum Gasteiger partial charge on any atom is -0.469 e. The number of nitrogens with one attached hydrogen (secondary N) is 1. The van der Waals surface area contributed by atoms with Crippen LogP contribution in [0, 0.1) is 5.92 Å². The lowest BCUT2D eigenvalue weighted by atomic mass is 10.0. The van der Waals surface area contributed by atoms with E-state index in [4.69, 9.17) is 0 Å². The fourth-order valence-corrected chi connectivity index (χ4v) is 1.22. The van der Waals surface area contributed by atoms with Crippen LogP contribution in [0.25, 0.3) is 0 Å². The molecule has 0 aromatic carbocycles. The number of hydrogen-bond donors (Lipinski definition) is 1. The van der Waals surface area contributed by atoms with Gasteiger partial charge in [-0.3, -0.25) is 4.79 Å². The highest BCUT2D eigenvalue weighted by Crippen LogP contribution is 2.06. The Bertz CT molecular complexity index is 159. The number of carbonyl (C=O) groups excluding carboxylic acids is 1. The molecule has 0 spiro atoms. The van der Waals surface area contributed by atoms with E-state index in [2.05, 4.69) is 30.8 Å². The van der Waals surface area contributed by atoms with E-state index in [1.54, 1.807) is 0 Å². The highest BCUT2D eigenvalue weighted by molar-refractivity contribution is 5.69. The Kier molecular flexibility index (Phi) is 7.48. The van der Waals surface area contributed by atoms with Crippen LogP contribution in [0.5, 0.6) is 0 Å². The van der Waals surface area contributed by atoms with Crippen LogP contribution in [0.3, 0.4) is 0 Å². The van der Waals surface area contributed by atoms with Crippen LogP contribution in [0.15, 0.2) is 0 Å². The molecule has 0 aromatic heterocycles. The molecule has 0 saturated carbocycles. The van der Waals surface area contributed by atoms with Gasteiger partial charge < -0.3 is 10.1 Å². The summed E-state index contributed by atoms with van der Waals surface area (Å²) in [4.78, 5) is 10.8. The number of esters is 1. The monoisotopic (exact) mass is 201 g/mol. The van der Waals surface area contributed by atoms with Crippen molar-refractivity contribution in [2.75, 3.05) is 13.7 Å². The summed E-state index contributed by atoms with van der Waals surface area (Å²) in [5, 5.41) is 3.40. The van der Waals surface area contributed by atoms with Crippen molar-refractivity contribution >= 4 is 5.97 Å². The average Bonchev–Trinajstić information content (AvgIpc) is 2.22. The van der Waals surface area contributed by atoms with Crippen molar-refractivity contribution in [1.29, 1.82) is 0 Å². The minimum atomic E-state index is -0.122. The Labute approximate surface area is 87.2 Å². The second-order valence-electron chi connectivity index (χ2n) is 3.81. The second-order valence-corrected chi connectivity index (χ2v) is 3.81. The molecule has 14 heavy (non-hydrogen) atoms. The lowest BCUT2D eigenvalue weighted by Crippen LogP contribution is -2.32. The summed E-state index contributed by atoms with van der Waals surface area (Å²) < 4.78 is 4.56. The van der Waals surface area contributed by atoms with E-state index in [1.165, 1.54) is 13.5 Å². The van der Waals surface area contributed by atoms with Gasteiger partial charge in [0.05, 0.1) is 7.11 Å². The normalized spacial score (nSPS) is 14.9. The van der Waals surface area contributed by atoms with Gasteiger partial charge in [0.15, 0.2) is 0 Å². The molecule has 0 aliphatic heterocycles. The van der Waals surface area contributed by atoms with E-state index in [-0.39, 0.29) is 5.97 Å². The molecule has 0 rings (SSSR count). The first-order chi connectivity index (χ1) is 6.61. The smallest absolute Gasteiger partial charge is 0.305 e. The average molecular weight is 201 g/mol. The Hall–Kier alpha value is -0.570. The van der Waals surface area contributed by atoms with Gasteiger partial charge in [-0.05, 0) is 25.8 Å². The fraction of sp³-hybridized carbons (Fsp3) is 0.909. The number of ether oxygens (including phenoxy) is 1. The molecular weight excluding hydrogens is 178 g/mol. The van der Waals surface area contributed by atoms with E-state index in [9.17, 15) is 4.79 Å². The molecule has 0 amide bonds. The van der Waals surface area contributed by atoms with E-state index < -0.39 is 0 Å². The molecule has 0 unspecified atom stereocenters. The van der Waals surface area contributed by atoms with Crippen LogP contribution in [-0.2, 0) is 9.53 Å². The van der Waals surface area contributed by atoms with Crippen LogP contribution >= 0.6 is 0 Å². The molecule has 0 bridgehead atoms. The van der Waals surface area contributed by atoms with E-state index in [0.29, 0.717) is 18.4 Å². The van der Waals surface area contributed by atoms with Gasteiger partial charge in [-0.2, -0.15) is 0 Å². The highest BCUT2D eigenvalue weighted by atomic mass is 16.5. The van der Waals surface area contributed by atoms with Gasteiger partial charge >= 0.3 is 5.97 Å². The summed E-state index contributed by atoms with van der Waals surface area (Å²) in [6.45, 7) is 7.50. The number of rotatable bonds is 7. The number of carbonyl (C=O) groups is 1. The van der Waals surface area contributed by atoms with Crippen molar-refractivity contribution in [2.45, 2.75) is 46.1 Å². The minimum absolute atomic E-state index is 0.122. The first-order valence-electron chi connectivity index (χ1n) is 5.42. The van der Waals surface area contributed by atoms with Crippen molar-refractivity contribution in [2.24, 2.45) is 5.92 Å². The molecule has 0 saturated heterocycles. The molecule has 3 nitrogen and oxygen atoms in total. The zero-order valence-corrected chi connectivity index (χ0v) is 9.80. The third-order valence-corrected chi connectivity index (χ3v) is 2.75. The summed E-state index contributed by atoms with van der Waals surface area (Å²) in [5.41, 5.74) is 0. The standard InChI is InChI=1S/C11H23NO2/c1-5-9(2)10(3)12-8-6-7-11(13)14-4/h9-10,12H,5-8H2,1-4H3/t9-,10+/m0/s1. The van der Waals surface area contributed by atoms with E-state index in [1.807, 2.05) is 0 Å². The molecule has 84 valence electrons. The maximum Gasteiger partial charge on any atom is 0.305 e. The first-order valence-corrected chi connectivity index (χ1v) is 5.42. The Morgan fingerprint density at radius 1 is 1.43 bits per heavy atom. The number of hydrogen-bond acceptors (Lipinski definition) is 3. The zero-order chi connectivity index (χ0) is 11.0. The predicted octanol–water partition coefficient (Wildman–Crippen LogP) is 1.96. The van der Waals surface area contributed by atoms with Gasteiger partial charge in [0, 0.05) is 12.5 Å². The van der Waals surface area contributed by atoms with Crippen molar-refractivity contribution in [3.63, 3.8) is 0 Å². The molecule has 0 radical (unpaired) electrons. The van der Waals surface area contributed by atoms with Gasteiger partial charge in [-0.25, -0.2) is 0 Å². The summed E-state index contributed by atoms with van der Waals surface area (Å²) >= 11 is 0. The lowest BCUT2D eigenvalue weighted by molar-refractivity contribution is -0.140. The van der Waals surface area contributed by atoms with Crippen molar-refractivity contribution in [3.05, 3.63) is 0 Å². The molecule has 3 heteroatoms. The maximum absolute atomic E-state index is 10.8. The number of methoxy groups -OCH3 is 1. The van der Waals surface area contributed by atoms with Gasteiger partial charge in [0.2, 0.25) is 0 Å². The van der Waals surface area contributed by atoms with Gasteiger partial charge in [-0.15, -0.1) is 0 Å². The molecule has 2 atom stereocenters. The van der Waals surface area contributed by atoms with Crippen LogP contribution in [0.2, 0.25) is 0 Å². The molecule has 0 aliphatic carbocycles. The topological polar surface area (TPSA) is 38.3 Å². The summed E-state index contributed by atoms with van der Waals surface area (Å²) in [6, 6.07) is 0.526. The highest BCUT2D eigenvalue weighted by Gasteiger charge is 2.08. The quantitative estimate of drug-likeness (QED) is 0.505. The third-order valence-electron chi connectivity index (χ3n) is 2.75. The van der Waals surface area contributed by atoms with E-state index in [0.717, 1.165) is 13.0 Å². The zero-order valence-electron chi connectivity index (χ0n) is 9.80. The molecule has 1 N–H and O–H groups in total. The van der Waals surface area contributed by atoms with Crippen molar-refractivity contribution < 1.29 is 9.53 Å². The predicted molar refractivity (Wildman–Crippen MR) is 58.2 cm³/mol.